The minimum Gasteiger partial charge on any atom is -0.394 e. The number of imidazole rings is 1. The highest BCUT2D eigenvalue weighted by Gasteiger charge is 2.22. The van der Waals surface area contributed by atoms with Crippen molar-refractivity contribution >= 4 is 21.6 Å². The molecule has 1 heterocycles. The zero-order chi connectivity index (χ0) is 12.3. The molecule has 0 aliphatic heterocycles. The maximum absolute atomic E-state index is 11.6. The molecule has 16 heavy (non-hydrogen) atoms. The molecule has 0 saturated carbocycles. The normalized spacial score (nSPS) is 14.0. The number of halogens is 1. The van der Waals surface area contributed by atoms with Gasteiger partial charge >= 0.3 is 0 Å². The Morgan fingerprint density at radius 3 is 2.75 bits per heavy atom. The SMILES string of the molecule is Cn1cnc(S(=O)(=O)NCC(O)CO)c1Cl. The minimum atomic E-state index is -3.86. The van der Waals surface area contributed by atoms with Crippen molar-refractivity contribution in [2.24, 2.45) is 7.05 Å². The van der Waals surface area contributed by atoms with Gasteiger partial charge in [0, 0.05) is 13.6 Å². The van der Waals surface area contributed by atoms with Gasteiger partial charge in [-0.2, -0.15) is 0 Å². The molecule has 3 N–H and O–H groups in total. The van der Waals surface area contributed by atoms with Crippen molar-refractivity contribution in [1.29, 1.82) is 0 Å². The molecule has 1 atom stereocenters. The summed E-state index contributed by atoms with van der Waals surface area (Å²) in [6.45, 7) is -0.829. The zero-order valence-electron chi connectivity index (χ0n) is 8.46. The first kappa shape index (κ1) is 13.4. The standard InChI is InChI=1S/C7H12ClN3O4S/c1-11-4-9-7(6(11)8)16(14,15)10-2-5(13)3-12/h4-5,10,12-13H,2-3H2,1H3. The largest absolute Gasteiger partial charge is 0.394 e. The average Bonchev–Trinajstić information content (AvgIpc) is 2.57. The summed E-state index contributed by atoms with van der Waals surface area (Å²) in [4.78, 5) is 3.63. The molecule has 0 fully saturated rings. The van der Waals surface area contributed by atoms with Crippen LogP contribution in [-0.4, -0.2) is 47.4 Å². The molecule has 0 aliphatic carbocycles. The number of aryl methyl sites for hydroxylation is 1. The van der Waals surface area contributed by atoms with Gasteiger partial charge in [-0.1, -0.05) is 11.6 Å². The molecule has 0 bridgehead atoms. The van der Waals surface area contributed by atoms with E-state index in [1.54, 1.807) is 7.05 Å². The molecular formula is C7H12ClN3O4S. The van der Waals surface area contributed by atoms with Crippen LogP contribution in [0.2, 0.25) is 5.15 Å². The molecule has 1 unspecified atom stereocenters. The average molecular weight is 270 g/mol. The molecule has 7 nitrogen and oxygen atoms in total. The van der Waals surface area contributed by atoms with E-state index in [9.17, 15) is 8.42 Å². The molecule has 92 valence electrons. The number of hydrogen-bond donors (Lipinski definition) is 3. The van der Waals surface area contributed by atoms with E-state index in [0.29, 0.717) is 0 Å². The van der Waals surface area contributed by atoms with Crippen LogP contribution < -0.4 is 4.72 Å². The summed E-state index contributed by atoms with van der Waals surface area (Å²) < 4.78 is 26.7. The molecule has 0 aliphatic rings. The van der Waals surface area contributed by atoms with Crippen molar-refractivity contribution in [1.82, 2.24) is 14.3 Å². The minimum absolute atomic E-state index is 0.0222. The Labute approximate surface area is 97.7 Å². The lowest BCUT2D eigenvalue weighted by Gasteiger charge is -2.08. The van der Waals surface area contributed by atoms with E-state index >= 15 is 0 Å². The molecule has 0 radical (unpaired) electrons. The van der Waals surface area contributed by atoms with Crippen LogP contribution in [0.1, 0.15) is 0 Å². The number of nitrogens with one attached hydrogen (secondary N) is 1. The van der Waals surface area contributed by atoms with E-state index in [4.69, 9.17) is 21.8 Å². The van der Waals surface area contributed by atoms with Gasteiger partial charge in [0.05, 0.1) is 19.0 Å². The molecule has 9 heteroatoms. The predicted octanol–water partition coefficient (Wildman–Crippen LogP) is -1.30. The topological polar surface area (TPSA) is 104 Å². The lowest BCUT2D eigenvalue weighted by Crippen LogP contribution is -2.34. The molecule has 0 aromatic carbocycles. The van der Waals surface area contributed by atoms with E-state index in [1.807, 2.05) is 0 Å². The fourth-order valence-electron chi connectivity index (χ4n) is 0.913. The highest BCUT2D eigenvalue weighted by molar-refractivity contribution is 7.89. The molecule has 0 saturated heterocycles. The molecule has 1 aromatic rings. The van der Waals surface area contributed by atoms with E-state index in [2.05, 4.69) is 9.71 Å². The lowest BCUT2D eigenvalue weighted by molar-refractivity contribution is 0.0988. The van der Waals surface area contributed by atoms with Gasteiger partial charge in [0.2, 0.25) is 5.03 Å². The second kappa shape index (κ2) is 5.11. The van der Waals surface area contributed by atoms with E-state index < -0.39 is 22.7 Å². The van der Waals surface area contributed by atoms with Crippen LogP contribution in [0.4, 0.5) is 0 Å². The van der Waals surface area contributed by atoms with Crippen LogP contribution in [-0.2, 0) is 17.1 Å². The highest BCUT2D eigenvalue weighted by atomic mass is 35.5. The second-order valence-electron chi connectivity index (χ2n) is 3.14. The monoisotopic (exact) mass is 269 g/mol. The summed E-state index contributed by atoms with van der Waals surface area (Å²) in [6.07, 6.45) is 0.108. The first-order valence-corrected chi connectivity index (χ1v) is 6.20. The third-order valence-electron chi connectivity index (χ3n) is 1.81. The second-order valence-corrected chi connectivity index (χ2v) is 5.18. The number of aliphatic hydroxyl groups excluding tert-OH is 2. The number of sulfonamides is 1. The van der Waals surface area contributed by atoms with Crippen LogP contribution in [0.3, 0.4) is 0 Å². The Morgan fingerprint density at radius 1 is 1.69 bits per heavy atom. The van der Waals surface area contributed by atoms with Gasteiger partial charge in [-0.05, 0) is 0 Å². The van der Waals surface area contributed by atoms with Gasteiger partial charge in [0.15, 0.2) is 0 Å². The first-order chi connectivity index (χ1) is 7.38. The number of nitrogens with zero attached hydrogens (tertiary/aromatic N) is 2. The first-order valence-electron chi connectivity index (χ1n) is 4.34. The predicted molar refractivity (Wildman–Crippen MR) is 56.5 cm³/mol. The van der Waals surface area contributed by atoms with E-state index in [-0.39, 0.29) is 16.7 Å². The number of aliphatic hydroxyl groups is 2. The number of aromatic nitrogens is 2. The number of hydrogen-bond acceptors (Lipinski definition) is 5. The van der Waals surface area contributed by atoms with Crippen LogP contribution >= 0.6 is 11.6 Å². The Kier molecular flexibility index (Phi) is 4.28. The van der Waals surface area contributed by atoms with Crippen LogP contribution in [0.25, 0.3) is 0 Å². The Hall–Kier alpha value is -0.670. The quantitative estimate of drug-likeness (QED) is 0.617. The van der Waals surface area contributed by atoms with Crippen LogP contribution in [0.5, 0.6) is 0 Å². The third-order valence-corrected chi connectivity index (χ3v) is 3.72. The number of rotatable bonds is 5. The van der Waals surface area contributed by atoms with Crippen molar-refractivity contribution in [2.45, 2.75) is 11.1 Å². The molecule has 1 aromatic heterocycles. The summed E-state index contributed by atoms with van der Waals surface area (Å²) >= 11 is 5.71. The fraction of sp³-hybridized carbons (Fsp3) is 0.571. The molecule has 0 spiro atoms. The van der Waals surface area contributed by atoms with E-state index in [1.165, 1.54) is 10.9 Å². The molecule has 0 amide bonds. The summed E-state index contributed by atoms with van der Waals surface area (Å²) in [5.41, 5.74) is 0. The van der Waals surface area contributed by atoms with Gasteiger partial charge in [0.1, 0.15) is 5.15 Å². The van der Waals surface area contributed by atoms with Gasteiger partial charge in [-0.3, -0.25) is 0 Å². The summed E-state index contributed by atoms with van der Waals surface area (Å²) in [5, 5.41) is 17.2. The molecule has 1 rings (SSSR count). The maximum atomic E-state index is 11.6. The smallest absolute Gasteiger partial charge is 0.261 e. The van der Waals surface area contributed by atoms with Crippen molar-refractivity contribution < 1.29 is 18.6 Å². The van der Waals surface area contributed by atoms with Crippen LogP contribution in [0.15, 0.2) is 11.4 Å². The summed E-state index contributed by atoms with van der Waals surface area (Å²) in [7, 11) is -2.31. The van der Waals surface area contributed by atoms with Gasteiger partial charge < -0.3 is 14.8 Å². The van der Waals surface area contributed by atoms with Crippen molar-refractivity contribution in [3.05, 3.63) is 11.5 Å². The zero-order valence-corrected chi connectivity index (χ0v) is 10.0. The van der Waals surface area contributed by atoms with E-state index in [0.717, 1.165) is 0 Å². The van der Waals surface area contributed by atoms with Gasteiger partial charge in [-0.25, -0.2) is 18.1 Å². The van der Waals surface area contributed by atoms with Gasteiger partial charge in [0.25, 0.3) is 10.0 Å². The summed E-state index contributed by atoms with van der Waals surface area (Å²) in [5.74, 6) is 0. The summed E-state index contributed by atoms with van der Waals surface area (Å²) in [6, 6.07) is 0. The maximum Gasteiger partial charge on any atom is 0.261 e. The van der Waals surface area contributed by atoms with Crippen molar-refractivity contribution in [3.63, 3.8) is 0 Å². The van der Waals surface area contributed by atoms with Crippen molar-refractivity contribution in [3.8, 4) is 0 Å². The fourth-order valence-corrected chi connectivity index (χ4v) is 2.41. The van der Waals surface area contributed by atoms with Crippen molar-refractivity contribution in [2.75, 3.05) is 13.2 Å². The lowest BCUT2D eigenvalue weighted by atomic mass is 10.4. The van der Waals surface area contributed by atoms with Gasteiger partial charge in [-0.15, -0.1) is 0 Å². The highest BCUT2D eigenvalue weighted by Crippen LogP contribution is 2.17. The Morgan fingerprint density at radius 2 is 2.31 bits per heavy atom. The van der Waals surface area contributed by atoms with Crippen LogP contribution in [0, 0.1) is 0 Å². The Bertz CT molecular complexity index is 458. The molecular weight excluding hydrogens is 258 g/mol. The third kappa shape index (κ3) is 2.92. The Balaban J connectivity index is 2.83.